The first-order valence-corrected chi connectivity index (χ1v) is 5.66. The van der Waals surface area contributed by atoms with Gasteiger partial charge >= 0.3 is 0 Å². The molecule has 0 radical (unpaired) electrons. The van der Waals surface area contributed by atoms with Crippen molar-refractivity contribution in [3.63, 3.8) is 0 Å². The number of nitrogens with one attached hydrogen (secondary N) is 1. The molecule has 1 atom stereocenters. The summed E-state index contributed by atoms with van der Waals surface area (Å²) in [4.78, 5) is 0. The third kappa shape index (κ3) is 1.55. The fourth-order valence-electron chi connectivity index (χ4n) is 2.28. The average molecular weight is 210 g/mol. The van der Waals surface area contributed by atoms with Crippen molar-refractivity contribution in [2.45, 2.75) is 31.7 Å². The summed E-state index contributed by atoms with van der Waals surface area (Å²) in [6, 6.07) is 8.18. The van der Waals surface area contributed by atoms with Crippen LogP contribution in [0.5, 0.6) is 0 Å². The maximum absolute atomic E-state index is 6.22. The number of halogens is 1. The second-order valence-corrected chi connectivity index (χ2v) is 4.40. The molecule has 1 N–H and O–H groups in total. The smallest absolute Gasteiger partial charge is 0.0461 e. The van der Waals surface area contributed by atoms with Gasteiger partial charge in [0, 0.05) is 10.6 Å². The molecule has 1 aliphatic rings. The summed E-state index contributed by atoms with van der Waals surface area (Å²) in [7, 11) is 0. The van der Waals surface area contributed by atoms with Crippen molar-refractivity contribution in [3.8, 4) is 0 Å². The van der Waals surface area contributed by atoms with Crippen LogP contribution in [0.1, 0.15) is 31.7 Å². The topological polar surface area (TPSA) is 12.0 Å². The van der Waals surface area contributed by atoms with Crippen LogP contribution in [-0.4, -0.2) is 6.54 Å². The van der Waals surface area contributed by atoms with Gasteiger partial charge in [-0.05, 0) is 31.0 Å². The maximum atomic E-state index is 6.22. The Bertz CT molecular complexity index is 318. The summed E-state index contributed by atoms with van der Waals surface area (Å²) in [5.74, 6) is 0. The lowest BCUT2D eigenvalue weighted by molar-refractivity contribution is 0.191. The van der Waals surface area contributed by atoms with E-state index in [1.807, 2.05) is 12.1 Å². The van der Waals surface area contributed by atoms with Crippen molar-refractivity contribution in [1.29, 1.82) is 0 Å². The zero-order valence-corrected chi connectivity index (χ0v) is 9.27. The summed E-state index contributed by atoms with van der Waals surface area (Å²) in [5, 5.41) is 4.43. The fraction of sp³-hybridized carbons (Fsp3) is 0.500. The van der Waals surface area contributed by atoms with Gasteiger partial charge in [0.1, 0.15) is 0 Å². The van der Waals surface area contributed by atoms with Gasteiger partial charge in [0.2, 0.25) is 0 Å². The summed E-state index contributed by atoms with van der Waals surface area (Å²) in [5.41, 5.74) is 1.45. The van der Waals surface area contributed by atoms with Crippen LogP contribution in [-0.2, 0) is 5.54 Å². The van der Waals surface area contributed by atoms with Gasteiger partial charge in [-0.2, -0.15) is 0 Å². The van der Waals surface area contributed by atoms with Crippen molar-refractivity contribution in [2.24, 2.45) is 0 Å². The Morgan fingerprint density at radius 2 is 2.14 bits per heavy atom. The Balaban J connectivity index is 2.32. The van der Waals surface area contributed by atoms with E-state index in [0.29, 0.717) is 0 Å². The molecule has 0 aromatic heterocycles. The fourth-order valence-corrected chi connectivity index (χ4v) is 2.60. The van der Waals surface area contributed by atoms with Crippen LogP contribution in [0.25, 0.3) is 0 Å². The first-order chi connectivity index (χ1) is 6.78. The van der Waals surface area contributed by atoms with Crippen molar-refractivity contribution in [1.82, 2.24) is 5.32 Å². The zero-order chi connectivity index (χ0) is 10.0. The summed E-state index contributed by atoms with van der Waals surface area (Å²) in [6.07, 6.45) is 3.58. The van der Waals surface area contributed by atoms with Gasteiger partial charge in [0.05, 0.1) is 0 Å². The second-order valence-electron chi connectivity index (χ2n) is 3.99. The Hall–Kier alpha value is -0.530. The minimum Gasteiger partial charge on any atom is -0.307 e. The molecule has 0 bridgehead atoms. The van der Waals surface area contributed by atoms with E-state index in [-0.39, 0.29) is 5.54 Å². The molecule has 1 aromatic rings. The SMILES string of the molecule is CCCC1(c2ccccc2Cl)CCN1. The highest BCUT2D eigenvalue weighted by atomic mass is 35.5. The second kappa shape index (κ2) is 3.92. The van der Waals surface area contributed by atoms with Crippen LogP contribution in [0.15, 0.2) is 24.3 Å². The highest BCUT2D eigenvalue weighted by molar-refractivity contribution is 6.31. The quantitative estimate of drug-likeness (QED) is 0.806. The van der Waals surface area contributed by atoms with Gasteiger partial charge < -0.3 is 5.32 Å². The standard InChI is InChI=1S/C12H16ClN/c1-2-7-12(8-9-14-12)10-5-3-4-6-11(10)13/h3-6,14H,2,7-9H2,1H3. The van der Waals surface area contributed by atoms with Crippen LogP contribution in [0.2, 0.25) is 5.02 Å². The lowest BCUT2D eigenvalue weighted by Crippen LogP contribution is -2.54. The van der Waals surface area contributed by atoms with Crippen LogP contribution in [0.4, 0.5) is 0 Å². The molecule has 1 heterocycles. The summed E-state index contributed by atoms with van der Waals surface area (Å²) >= 11 is 6.22. The van der Waals surface area contributed by atoms with Gasteiger partial charge in [-0.1, -0.05) is 43.1 Å². The van der Waals surface area contributed by atoms with E-state index < -0.39 is 0 Å². The van der Waals surface area contributed by atoms with E-state index in [4.69, 9.17) is 11.6 Å². The van der Waals surface area contributed by atoms with E-state index in [2.05, 4.69) is 24.4 Å². The predicted octanol–water partition coefficient (Wildman–Crippen LogP) is 3.33. The van der Waals surface area contributed by atoms with E-state index in [1.54, 1.807) is 0 Å². The van der Waals surface area contributed by atoms with E-state index in [0.717, 1.165) is 11.6 Å². The van der Waals surface area contributed by atoms with Crippen molar-refractivity contribution in [2.75, 3.05) is 6.54 Å². The van der Waals surface area contributed by atoms with E-state index in [1.165, 1.54) is 24.8 Å². The third-order valence-corrected chi connectivity index (χ3v) is 3.41. The van der Waals surface area contributed by atoms with Crippen molar-refractivity contribution in [3.05, 3.63) is 34.9 Å². The minimum atomic E-state index is 0.174. The van der Waals surface area contributed by atoms with Crippen LogP contribution in [0, 0.1) is 0 Å². The first-order valence-electron chi connectivity index (χ1n) is 5.28. The molecule has 1 fully saturated rings. The Labute approximate surface area is 90.5 Å². The highest BCUT2D eigenvalue weighted by Gasteiger charge is 2.38. The first kappa shape index (κ1) is 10.0. The number of rotatable bonds is 3. The summed E-state index contributed by atoms with van der Waals surface area (Å²) in [6.45, 7) is 3.34. The Kier molecular flexibility index (Phi) is 2.80. The molecule has 14 heavy (non-hydrogen) atoms. The molecule has 1 nitrogen and oxygen atoms in total. The van der Waals surface area contributed by atoms with Gasteiger partial charge in [-0.25, -0.2) is 0 Å². The third-order valence-electron chi connectivity index (χ3n) is 3.08. The molecule has 76 valence electrons. The number of hydrogen-bond acceptors (Lipinski definition) is 1. The van der Waals surface area contributed by atoms with Crippen molar-refractivity contribution < 1.29 is 0 Å². The summed E-state index contributed by atoms with van der Waals surface area (Å²) < 4.78 is 0. The Morgan fingerprint density at radius 1 is 1.43 bits per heavy atom. The minimum absolute atomic E-state index is 0.174. The largest absolute Gasteiger partial charge is 0.307 e. The van der Waals surface area contributed by atoms with Crippen molar-refractivity contribution >= 4 is 11.6 Å². The molecule has 2 heteroatoms. The molecular formula is C12H16ClN. The average Bonchev–Trinajstić information content (AvgIpc) is 2.13. The van der Waals surface area contributed by atoms with Crippen LogP contribution < -0.4 is 5.32 Å². The van der Waals surface area contributed by atoms with Gasteiger partial charge in [0.25, 0.3) is 0 Å². The molecule has 1 aliphatic heterocycles. The lowest BCUT2D eigenvalue weighted by atomic mass is 9.77. The van der Waals surface area contributed by atoms with E-state index in [9.17, 15) is 0 Å². The number of benzene rings is 1. The molecule has 0 spiro atoms. The molecule has 1 aromatic carbocycles. The van der Waals surface area contributed by atoms with Gasteiger partial charge in [-0.15, -0.1) is 0 Å². The van der Waals surface area contributed by atoms with Crippen LogP contribution >= 0.6 is 11.6 Å². The van der Waals surface area contributed by atoms with Gasteiger partial charge in [0.15, 0.2) is 0 Å². The zero-order valence-electron chi connectivity index (χ0n) is 8.52. The molecule has 1 saturated heterocycles. The van der Waals surface area contributed by atoms with E-state index >= 15 is 0 Å². The van der Waals surface area contributed by atoms with Gasteiger partial charge in [-0.3, -0.25) is 0 Å². The Morgan fingerprint density at radius 3 is 2.64 bits per heavy atom. The predicted molar refractivity (Wildman–Crippen MR) is 60.7 cm³/mol. The monoisotopic (exact) mass is 209 g/mol. The normalized spacial score (nSPS) is 25.9. The molecule has 0 saturated carbocycles. The number of hydrogen-bond donors (Lipinski definition) is 1. The molecule has 0 aliphatic carbocycles. The molecule has 0 amide bonds. The molecule has 1 unspecified atom stereocenters. The molecule has 2 rings (SSSR count). The highest BCUT2D eigenvalue weighted by Crippen LogP contribution is 2.39. The van der Waals surface area contributed by atoms with Crippen LogP contribution in [0.3, 0.4) is 0 Å². The lowest BCUT2D eigenvalue weighted by Gasteiger charge is -2.44. The molecular weight excluding hydrogens is 194 g/mol. The maximum Gasteiger partial charge on any atom is 0.0461 e.